The van der Waals surface area contributed by atoms with Gasteiger partial charge in [0, 0.05) is 10.5 Å². The van der Waals surface area contributed by atoms with Crippen LogP contribution >= 0.6 is 46.6 Å². The van der Waals surface area contributed by atoms with Gasteiger partial charge in [-0.25, -0.2) is 15.0 Å². The van der Waals surface area contributed by atoms with E-state index >= 15 is 0 Å². The Hall–Kier alpha value is -0.550. The Morgan fingerprint density at radius 2 is 1.72 bits per heavy atom. The van der Waals surface area contributed by atoms with Crippen LogP contribution in [0.4, 0.5) is 0 Å². The lowest BCUT2D eigenvalue weighted by atomic mass is 10.2. The normalized spacial score (nSPS) is 11.6. The smallest absolute Gasteiger partial charge is 0.217 e. The molecule has 0 N–H and O–H groups in total. The minimum atomic E-state index is -1.64. The van der Waals surface area contributed by atoms with E-state index in [1.807, 2.05) is 30.5 Å². The number of benzene rings is 1. The van der Waals surface area contributed by atoms with Crippen molar-refractivity contribution >= 4 is 46.6 Å². The van der Waals surface area contributed by atoms with E-state index < -0.39 is 3.79 Å². The first-order valence-corrected chi connectivity index (χ1v) is 7.27. The van der Waals surface area contributed by atoms with Gasteiger partial charge in [0.15, 0.2) is 11.6 Å². The summed E-state index contributed by atoms with van der Waals surface area (Å²) < 4.78 is -1.64. The van der Waals surface area contributed by atoms with Gasteiger partial charge in [-0.05, 0) is 18.4 Å². The molecule has 7 heteroatoms. The monoisotopic (exact) mass is 319 g/mol. The molecule has 0 amide bonds. The second-order valence-electron chi connectivity index (χ2n) is 3.36. The molecule has 1 aromatic heterocycles. The van der Waals surface area contributed by atoms with Crippen molar-refractivity contribution in [2.24, 2.45) is 0 Å². The molecule has 1 aromatic carbocycles. The third-order valence-electron chi connectivity index (χ3n) is 2.17. The highest BCUT2D eigenvalue weighted by atomic mass is 35.6. The second kappa shape index (κ2) is 5.61. The maximum Gasteiger partial charge on any atom is 0.250 e. The Balaban J connectivity index is 2.38. The summed E-state index contributed by atoms with van der Waals surface area (Å²) in [5.41, 5.74) is 0.853. The van der Waals surface area contributed by atoms with Crippen molar-refractivity contribution in [1.82, 2.24) is 15.0 Å². The van der Waals surface area contributed by atoms with Crippen LogP contribution in [0.1, 0.15) is 5.82 Å². The molecule has 0 radical (unpaired) electrons. The van der Waals surface area contributed by atoms with Crippen molar-refractivity contribution in [2.45, 2.75) is 8.69 Å². The first-order chi connectivity index (χ1) is 8.50. The number of nitrogens with zero attached hydrogens (tertiary/aromatic N) is 3. The Morgan fingerprint density at radius 3 is 2.28 bits per heavy atom. The van der Waals surface area contributed by atoms with E-state index in [4.69, 9.17) is 34.8 Å². The number of hydrogen-bond acceptors (Lipinski definition) is 4. The topological polar surface area (TPSA) is 38.7 Å². The highest BCUT2D eigenvalue weighted by molar-refractivity contribution is 7.98. The van der Waals surface area contributed by atoms with E-state index in [0.717, 1.165) is 10.5 Å². The lowest BCUT2D eigenvalue weighted by Crippen LogP contribution is -2.08. The molecule has 0 atom stereocenters. The Bertz CT molecular complexity index is 540. The first kappa shape index (κ1) is 13.9. The van der Waals surface area contributed by atoms with Crippen molar-refractivity contribution in [2.75, 3.05) is 6.26 Å². The van der Waals surface area contributed by atoms with Gasteiger partial charge in [-0.1, -0.05) is 46.9 Å². The lowest BCUT2D eigenvalue weighted by Gasteiger charge is -2.09. The van der Waals surface area contributed by atoms with Gasteiger partial charge < -0.3 is 0 Å². The summed E-state index contributed by atoms with van der Waals surface area (Å²) in [7, 11) is 0. The summed E-state index contributed by atoms with van der Waals surface area (Å²) in [5.74, 6) is 0.602. The number of aromatic nitrogens is 3. The molecule has 0 saturated carbocycles. The zero-order chi connectivity index (χ0) is 13.2. The fraction of sp³-hybridized carbons (Fsp3) is 0.182. The van der Waals surface area contributed by atoms with Crippen LogP contribution in [-0.4, -0.2) is 21.2 Å². The maximum absolute atomic E-state index is 5.74. The molecule has 0 unspecified atom stereocenters. The van der Waals surface area contributed by atoms with E-state index in [1.54, 1.807) is 11.8 Å². The molecule has 94 valence electrons. The van der Waals surface area contributed by atoms with Crippen LogP contribution in [-0.2, 0) is 3.79 Å². The van der Waals surface area contributed by atoms with Gasteiger partial charge in [0.25, 0.3) is 0 Å². The van der Waals surface area contributed by atoms with Crippen LogP contribution in [0.25, 0.3) is 11.4 Å². The molecule has 0 spiro atoms. The summed E-state index contributed by atoms with van der Waals surface area (Å²) >= 11 is 18.9. The van der Waals surface area contributed by atoms with Crippen LogP contribution in [0.3, 0.4) is 0 Å². The van der Waals surface area contributed by atoms with E-state index in [9.17, 15) is 0 Å². The van der Waals surface area contributed by atoms with Crippen LogP contribution in [0.5, 0.6) is 0 Å². The average molecular weight is 321 g/mol. The van der Waals surface area contributed by atoms with Gasteiger partial charge in [0.2, 0.25) is 3.79 Å². The molecule has 18 heavy (non-hydrogen) atoms. The lowest BCUT2D eigenvalue weighted by molar-refractivity contribution is 0.924. The zero-order valence-electron chi connectivity index (χ0n) is 9.27. The molecular weight excluding hydrogens is 313 g/mol. The maximum atomic E-state index is 5.74. The molecule has 3 nitrogen and oxygen atoms in total. The molecule has 1 heterocycles. The molecule has 0 aliphatic rings. The summed E-state index contributed by atoms with van der Waals surface area (Å²) in [4.78, 5) is 13.2. The molecule has 0 aliphatic carbocycles. The zero-order valence-corrected chi connectivity index (χ0v) is 12.4. The van der Waals surface area contributed by atoms with Crippen molar-refractivity contribution in [1.29, 1.82) is 0 Å². The van der Waals surface area contributed by atoms with E-state index in [2.05, 4.69) is 15.0 Å². The predicted molar refractivity (Wildman–Crippen MR) is 76.3 cm³/mol. The first-order valence-electron chi connectivity index (χ1n) is 4.91. The van der Waals surface area contributed by atoms with Crippen molar-refractivity contribution in [3.63, 3.8) is 0 Å². The molecule has 2 rings (SSSR count). The van der Waals surface area contributed by atoms with Crippen LogP contribution in [0.2, 0.25) is 0 Å². The fourth-order valence-corrected chi connectivity index (χ4v) is 1.99. The molecule has 0 saturated heterocycles. The average Bonchev–Trinajstić information content (AvgIpc) is 2.38. The van der Waals surface area contributed by atoms with Gasteiger partial charge in [0.05, 0.1) is 0 Å². The van der Waals surface area contributed by atoms with Crippen molar-refractivity contribution < 1.29 is 0 Å². The van der Waals surface area contributed by atoms with Crippen molar-refractivity contribution in [3.8, 4) is 11.4 Å². The number of halogens is 3. The quantitative estimate of drug-likeness (QED) is 0.617. The minimum absolute atomic E-state index is 0.117. The Labute approximate surface area is 124 Å². The largest absolute Gasteiger partial charge is 0.250 e. The third kappa shape index (κ3) is 3.26. The summed E-state index contributed by atoms with van der Waals surface area (Å²) in [6.45, 7) is 0. The summed E-state index contributed by atoms with van der Waals surface area (Å²) in [6.07, 6.45) is 3.35. The highest BCUT2D eigenvalue weighted by Crippen LogP contribution is 2.36. The fourth-order valence-electron chi connectivity index (χ4n) is 1.31. The van der Waals surface area contributed by atoms with Crippen molar-refractivity contribution in [3.05, 3.63) is 36.4 Å². The van der Waals surface area contributed by atoms with Gasteiger partial charge in [0.1, 0.15) is 6.33 Å². The van der Waals surface area contributed by atoms with Crippen LogP contribution in [0.15, 0.2) is 35.5 Å². The highest BCUT2D eigenvalue weighted by Gasteiger charge is 2.27. The molecule has 0 fully saturated rings. The number of alkyl halides is 3. The van der Waals surface area contributed by atoms with Crippen LogP contribution < -0.4 is 0 Å². The van der Waals surface area contributed by atoms with Gasteiger partial charge in [-0.3, -0.25) is 0 Å². The minimum Gasteiger partial charge on any atom is -0.217 e. The molecular formula is C11H8Cl3N3S. The van der Waals surface area contributed by atoms with E-state index in [0.29, 0.717) is 5.82 Å². The van der Waals surface area contributed by atoms with E-state index in [1.165, 1.54) is 6.33 Å². The van der Waals surface area contributed by atoms with Gasteiger partial charge in [-0.2, -0.15) is 0 Å². The van der Waals surface area contributed by atoms with Crippen LogP contribution in [0, 0.1) is 0 Å². The number of rotatable bonds is 2. The SMILES string of the molecule is CSc1ccc(-c2ncnc(C(Cl)(Cl)Cl)n2)cc1. The number of thioether (sulfide) groups is 1. The standard InChI is InChI=1S/C11H8Cl3N3S/c1-18-8-4-2-7(3-5-8)9-15-6-16-10(17-9)11(12,13)14/h2-6H,1H3. The third-order valence-corrected chi connectivity index (χ3v) is 3.42. The van der Waals surface area contributed by atoms with Gasteiger partial charge in [-0.15, -0.1) is 11.8 Å². The molecule has 0 bridgehead atoms. The summed E-state index contributed by atoms with van der Waals surface area (Å²) in [6, 6.07) is 7.81. The van der Waals surface area contributed by atoms with Gasteiger partial charge >= 0.3 is 0 Å². The predicted octanol–water partition coefficient (Wildman–Crippen LogP) is 4.09. The number of hydrogen-bond donors (Lipinski definition) is 0. The Kier molecular flexibility index (Phi) is 4.33. The Morgan fingerprint density at radius 1 is 1.06 bits per heavy atom. The summed E-state index contributed by atoms with van der Waals surface area (Å²) in [5, 5.41) is 0. The van der Waals surface area contributed by atoms with E-state index in [-0.39, 0.29) is 5.82 Å². The molecule has 2 aromatic rings. The molecule has 0 aliphatic heterocycles. The second-order valence-corrected chi connectivity index (χ2v) is 6.52.